The van der Waals surface area contributed by atoms with Gasteiger partial charge in [0.05, 0.1) is 6.04 Å². The number of nitrogens with one attached hydrogen (secondary N) is 1. The summed E-state index contributed by atoms with van der Waals surface area (Å²) in [4.78, 5) is 14.6. The number of rotatable bonds is 3. The summed E-state index contributed by atoms with van der Waals surface area (Å²) in [7, 11) is 0. The fourth-order valence-electron chi connectivity index (χ4n) is 4.88. The first-order valence-electron chi connectivity index (χ1n) is 10.2. The van der Waals surface area contributed by atoms with E-state index in [0.717, 1.165) is 47.1 Å². The van der Waals surface area contributed by atoms with E-state index in [0.29, 0.717) is 12.0 Å². The van der Waals surface area contributed by atoms with Crippen LogP contribution in [0.1, 0.15) is 67.8 Å². The molecule has 1 aliphatic carbocycles. The summed E-state index contributed by atoms with van der Waals surface area (Å²) in [5.74, 6) is -0.777. The van der Waals surface area contributed by atoms with Crippen LogP contribution in [0.4, 0.5) is 20.2 Å². The van der Waals surface area contributed by atoms with Gasteiger partial charge >= 0.3 is 0 Å². The standard InChI is InChI=1S/C24H28F2N2O/c1-13-6-17(7-14(2)23(13)27-21(29)11-24(3,4)5)28-12-15-8-20(28)22-18(15)9-16(25)10-19(22)26/h6-7,9-10,15,20H,8,11-12H2,1-5H3,(H,27,29). The van der Waals surface area contributed by atoms with E-state index in [1.165, 1.54) is 6.07 Å². The average Bonchev–Trinajstić information content (AvgIpc) is 3.15. The van der Waals surface area contributed by atoms with Crippen molar-refractivity contribution in [3.63, 3.8) is 0 Å². The first-order valence-corrected chi connectivity index (χ1v) is 10.2. The Labute approximate surface area is 171 Å². The molecule has 2 atom stereocenters. The summed E-state index contributed by atoms with van der Waals surface area (Å²) in [5.41, 5.74) is 5.24. The van der Waals surface area contributed by atoms with Crippen LogP contribution >= 0.6 is 0 Å². The lowest BCUT2D eigenvalue weighted by molar-refractivity contribution is -0.117. The van der Waals surface area contributed by atoms with Crippen LogP contribution in [0.3, 0.4) is 0 Å². The molecule has 5 heteroatoms. The molecule has 1 amide bonds. The predicted molar refractivity (Wildman–Crippen MR) is 112 cm³/mol. The van der Waals surface area contributed by atoms with Gasteiger partial charge < -0.3 is 10.2 Å². The maximum absolute atomic E-state index is 14.5. The number of benzene rings is 2. The van der Waals surface area contributed by atoms with Crippen LogP contribution < -0.4 is 10.2 Å². The number of anilines is 2. The average molecular weight is 398 g/mol. The van der Waals surface area contributed by atoms with E-state index in [4.69, 9.17) is 0 Å². The van der Waals surface area contributed by atoms with Gasteiger partial charge in [0.2, 0.25) is 5.91 Å². The van der Waals surface area contributed by atoms with Gasteiger partial charge in [0.15, 0.2) is 0 Å². The van der Waals surface area contributed by atoms with Crippen LogP contribution in [0.5, 0.6) is 0 Å². The molecule has 2 bridgehead atoms. The molecule has 1 fully saturated rings. The normalized spacial score (nSPS) is 20.2. The molecule has 0 aromatic heterocycles. The van der Waals surface area contributed by atoms with E-state index in [1.807, 2.05) is 34.6 Å². The highest BCUT2D eigenvalue weighted by Gasteiger charge is 2.44. The van der Waals surface area contributed by atoms with Gasteiger partial charge in [-0.1, -0.05) is 20.8 Å². The Kier molecular flexibility index (Phi) is 4.67. The van der Waals surface area contributed by atoms with E-state index in [-0.39, 0.29) is 23.3 Å². The van der Waals surface area contributed by atoms with Crippen LogP contribution in [0, 0.1) is 30.9 Å². The van der Waals surface area contributed by atoms with Crippen LogP contribution in [0.2, 0.25) is 0 Å². The molecule has 2 aliphatic rings. The second-order valence-electron chi connectivity index (χ2n) is 9.73. The number of hydrogen-bond donors (Lipinski definition) is 1. The van der Waals surface area contributed by atoms with Gasteiger partial charge in [0.1, 0.15) is 11.6 Å². The molecule has 3 nitrogen and oxygen atoms in total. The minimum atomic E-state index is -0.498. The highest BCUT2D eigenvalue weighted by atomic mass is 19.1. The number of fused-ring (bicyclic) bond motifs is 5. The summed E-state index contributed by atoms with van der Waals surface area (Å²) in [6.07, 6.45) is 1.27. The van der Waals surface area contributed by atoms with Gasteiger partial charge in [0, 0.05) is 41.9 Å². The zero-order valence-electron chi connectivity index (χ0n) is 17.7. The molecule has 4 rings (SSSR count). The molecule has 0 spiro atoms. The van der Waals surface area contributed by atoms with E-state index in [9.17, 15) is 13.6 Å². The van der Waals surface area contributed by atoms with E-state index >= 15 is 0 Å². The van der Waals surface area contributed by atoms with Gasteiger partial charge in [-0.3, -0.25) is 4.79 Å². The van der Waals surface area contributed by atoms with Crippen molar-refractivity contribution in [1.29, 1.82) is 0 Å². The molecule has 2 aromatic carbocycles. The summed E-state index contributed by atoms with van der Waals surface area (Å²) in [5, 5.41) is 3.06. The summed E-state index contributed by atoms with van der Waals surface area (Å²) < 4.78 is 28.1. The third-order valence-corrected chi connectivity index (χ3v) is 6.00. The molecule has 2 aromatic rings. The molecular weight excluding hydrogens is 370 g/mol. The Hall–Kier alpha value is -2.43. The third-order valence-electron chi connectivity index (χ3n) is 6.00. The molecule has 29 heavy (non-hydrogen) atoms. The van der Waals surface area contributed by atoms with Crippen molar-refractivity contribution in [2.24, 2.45) is 5.41 Å². The highest BCUT2D eigenvalue weighted by Crippen LogP contribution is 2.53. The van der Waals surface area contributed by atoms with Crippen molar-refractivity contribution < 1.29 is 13.6 Å². The first-order chi connectivity index (χ1) is 13.5. The van der Waals surface area contributed by atoms with Crippen molar-refractivity contribution in [2.45, 2.75) is 59.4 Å². The summed E-state index contributed by atoms with van der Waals surface area (Å²) in [6.45, 7) is 10.9. The molecular formula is C24H28F2N2O. The quantitative estimate of drug-likeness (QED) is 0.687. The van der Waals surface area contributed by atoms with E-state index in [1.54, 1.807) is 0 Å². The number of nitrogens with zero attached hydrogens (tertiary/aromatic N) is 1. The fourth-order valence-corrected chi connectivity index (χ4v) is 4.88. The van der Waals surface area contributed by atoms with Crippen molar-refractivity contribution in [1.82, 2.24) is 0 Å². The number of aryl methyl sites for hydroxylation is 2. The van der Waals surface area contributed by atoms with Crippen LogP contribution in [0.15, 0.2) is 24.3 Å². The highest BCUT2D eigenvalue weighted by molar-refractivity contribution is 5.93. The largest absolute Gasteiger partial charge is 0.364 e. The number of hydrogen-bond acceptors (Lipinski definition) is 2. The van der Waals surface area contributed by atoms with Crippen molar-refractivity contribution in [2.75, 3.05) is 16.8 Å². The molecule has 0 saturated carbocycles. The Morgan fingerprint density at radius 1 is 1.14 bits per heavy atom. The van der Waals surface area contributed by atoms with Gasteiger partial charge in [-0.15, -0.1) is 0 Å². The zero-order chi connectivity index (χ0) is 21.1. The molecule has 1 aliphatic heterocycles. The SMILES string of the molecule is Cc1cc(N2CC3CC2c2c(F)cc(F)cc23)cc(C)c1NC(=O)CC(C)(C)C. The van der Waals surface area contributed by atoms with Crippen LogP contribution in [-0.2, 0) is 4.79 Å². The van der Waals surface area contributed by atoms with Crippen LogP contribution in [-0.4, -0.2) is 12.5 Å². The minimum Gasteiger partial charge on any atom is -0.364 e. The van der Waals surface area contributed by atoms with Gasteiger partial charge in [-0.25, -0.2) is 8.78 Å². The van der Waals surface area contributed by atoms with Crippen molar-refractivity contribution in [3.05, 3.63) is 58.2 Å². The van der Waals surface area contributed by atoms with Crippen LogP contribution in [0.25, 0.3) is 0 Å². The lowest BCUT2D eigenvalue weighted by Gasteiger charge is -2.32. The molecule has 1 N–H and O–H groups in total. The maximum Gasteiger partial charge on any atom is 0.224 e. The van der Waals surface area contributed by atoms with E-state index in [2.05, 4.69) is 22.3 Å². The maximum atomic E-state index is 14.5. The Balaban J connectivity index is 1.61. The number of halogens is 2. The van der Waals surface area contributed by atoms with Gasteiger partial charge in [0.25, 0.3) is 0 Å². The Morgan fingerprint density at radius 3 is 2.41 bits per heavy atom. The second kappa shape index (κ2) is 6.82. The summed E-state index contributed by atoms with van der Waals surface area (Å²) >= 11 is 0. The smallest absolute Gasteiger partial charge is 0.224 e. The Morgan fingerprint density at radius 2 is 1.79 bits per heavy atom. The molecule has 2 unspecified atom stereocenters. The molecule has 1 saturated heterocycles. The zero-order valence-corrected chi connectivity index (χ0v) is 17.7. The lowest BCUT2D eigenvalue weighted by Crippen LogP contribution is -2.28. The number of carbonyl (C=O) groups excluding carboxylic acids is 1. The van der Waals surface area contributed by atoms with Crippen molar-refractivity contribution >= 4 is 17.3 Å². The second-order valence-corrected chi connectivity index (χ2v) is 9.73. The van der Waals surface area contributed by atoms with Gasteiger partial charge in [-0.05, 0) is 60.6 Å². The topological polar surface area (TPSA) is 32.3 Å². The monoisotopic (exact) mass is 398 g/mol. The molecule has 154 valence electrons. The van der Waals surface area contributed by atoms with Gasteiger partial charge in [-0.2, -0.15) is 0 Å². The third kappa shape index (κ3) is 3.63. The van der Waals surface area contributed by atoms with Crippen molar-refractivity contribution in [3.8, 4) is 0 Å². The molecule has 1 heterocycles. The number of carbonyl (C=O) groups is 1. The lowest BCUT2D eigenvalue weighted by atomic mass is 9.92. The molecule has 0 radical (unpaired) electrons. The van der Waals surface area contributed by atoms with E-state index < -0.39 is 11.6 Å². The fraction of sp³-hybridized carbons (Fsp3) is 0.458. The summed E-state index contributed by atoms with van der Waals surface area (Å²) in [6, 6.07) is 6.53. The number of amides is 1. The Bertz CT molecular complexity index is 970. The predicted octanol–water partition coefficient (Wildman–Crippen LogP) is 6.00. The first kappa shape index (κ1) is 19.9. The minimum absolute atomic E-state index is 0.00899.